The maximum absolute atomic E-state index is 4.97. The molecule has 1 fully saturated rings. The predicted octanol–water partition coefficient (Wildman–Crippen LogP) is 6.16. The Balaban J connectivity index is 1.66. The number of anilines is 1. The van der Waals surface area contributed by atoms with Crippen molar-refractivity contribution >= 4 is 27.4 Å². The Labute approximate surface area is 168 Å². The van der Waals surface area contributed by atoms with E-state index in [2.05, 4.69) is 46.0 Å². The molecule has 5 rings (SSSR count). The minimum Gasteiger partial charge on any atom is -0.367 e. The largest absolute Gasteiger partial charge is 0.367 e. The zero-order chi connectivity index (χ0) is 18.8. The van der Waals surface area contributed by atoms with Gasteiger partial charge in [0, 0.05) is 34.9 Å². The molecule has 28 heavy (non-hydrogen) atoms. The quantitative estimate of drug-likeness (QED) is 0.456. The molecule has 0 aliphatic heterocycles. The molecule has 0 bridgehead atoms. The second kappa shape index (κ2) is 7.68. The minimum atomic E-state index is 0.483. The average molecular weight is 387 g/mol. The third kappa shape index (κ3) is 3.38. The van der Waals surface area contributed by atoms with Crippen molar-refractivity contribution in [3.63, 3.8) is 0 Å². The number of nitrogens with zero attached hydrogens (tertiary/aromatic N) is 3. The minimum absolute atomic E-state index is 0.483. The Morgan fingerprint density at radius 3 is 2.50 bits per heavy atom. The van der Waals surface area contributed by atoms with Crippen LogP contribution in [0.5, 0.6) is 0 Å². The molecule has 1 saturated carbocycles. The standard InChI is InChI=1S/C23H22N4S/c1-3-8-16(9-4-1)19-15-28-23-20(19)22(25-18-11-5-2-6-12-18)26-21(27-23)17-10-7-13-24-14-17/h1,3-4,7-10,13-15,18H,2,5-6,11-12H2,(H,25,26,27). The maximum atomic E-state index is 4.97. The van der Waals surface area contributed by atoms with Gasteiger partial charge in [0.1, 0.15) is 10.6 Å². The lowest BCUT2D eigenvalue weighted by Gasteiger charge is -2.24. The molecule has 4 aromatic rings. The number of fused-ring (bicyclic) bond motifs is 1. The van der Waals surface area contributed by atoms with Crippen LogP contribution in [0, 0.1) is 0 Å². The van der Waals surface area contributed by atoms with Crippen molar-refractivity contribution < 1.29 is 0 Å². The van der Waals surface area contributed by atoms with E-state index >= 15 is 0 Å². The summed E-state index contributed by atoms with van der Waals surface area (Å²) in [5.41, 5.74) is 3.36. The topological polar surface area (TPSA) is 50.7 Å². The molecule has 0 amide bonds. The van der Waals surface area contributed by atoms with Crippen molar-refractivity contribution in [3.8, 4) is 22.5 Å². The van der Waals surface area contributed by atoms with Crippen LogP contribution in [0.3, 0.4) is 0 Å². The van der Waals surface area contributed by atoms with Gasteiger partial charge in [0.25, 0.3) is 0 Å². The molecule has 1 N–H and O–H groups in total. The molecule has 3 heterocycles. The Bertz CT molecular complexity index is 1070. The molecular weight excluding hydrogens is 364 g/mol. The van der Waals surface area contributed by atoms with E-state index in [-0.39, 0.29) is 0 Å². The normalized spacial score (nSPS) is 15.0. The average Bonchev–Trinajstić information content (AvgIpc) is 3.20. The Morgan fingerprint density at radius 2 is 1.71 bits per heavy atom. The van der Waals surface area contributed by atoms with E-state index in [9.17, 15) is 0 Å². The van der Waals surface area contributed by atoms with Crippen molar-refractivity contribution in [2.75, 3.05) is 5.32 Å². The number of pyridine rings is 1. The number of rotatable bonds is 4. The van der Waals surface area contributed by atoms with E-state index < -0.39 is 0 Å². The molecule has 1 aliphatic rings. The summed E-state index contributed by atoms with van der Waals surface area (Å²) >= 11 is 1.68. The van der Waals surface area contributed by atoms with Gasteiger partial charge in [-0.25, -0.2) is 9.97 Å². The van der Waals surface area contributed by atoms with Crippen LogP contribution < -0.4 is 5.32 Å². The molecule has 5 heteroatoms. The summed E-state index contributed by atoms with van der Waals surface area (Å²) in [5.74, 6) is 1.69. The first kappa shape index (κ1) is 17.3. The zero-order valence-corrected chi connectivity index (χ0v) is 16.5. The summed E-state index contributed by atoms with van der Waals surface area (Å²) in [6.45, 7) is 0. The number of nitrogens with one attached hydrogen (secondary N) is 1. The highest BCUT2D eigenvalue weighted by atomic mass is 32.1. The first-order chi connectivity index (χ1) is 13.9. The van der Waals surface area contributed by atoms with Gasteiger partial charge < -0.3 is 5.32 Å². The van der Waals surface area contributed by atoms with Crippen LogP contribution in [0.25, 0.3) is 32.7 Å². The first-order valence-electron chi connectivity index (χ1n) is 9.90. The van der Waals surface area contributed by atoms with Gasteiger partial charge >= 0.3 is 0 Å². The van der Waals surface area contributed by atoms with Gasteiger partial charge in [0.2, 0.25) is 0 Å². The molecule has 140 valence electrons. The monoisotopic (exact) mass is 386 g/mol. The molecule has 1 aromatic carbocycles. The van der Waals surface area contributed by atoms with Crippen LogP contribution in [0.15, 0.2) is 60.2 Å². The molecule has 0 radical (unpaired) electrons. The van der Waals surface area contributed by atoms with E-state index in [0.29, 0.717) is 6.04 Å². The lowest BCUT2D eigenvalue weighted by molar-refractivity contribution is 0.462. The second-order valence-electron chi connectivity index (χ2n) is 7.31. The molecule has 0 atom stereocenters. The van der Waals surface area contributed by atoms with Crippen LogP contribution in [0.4, 0.5) is 5.82 Å². The van der Waals surface area contributed by atoms with Crippen LogP contribution in [0.1, 0.15) is 32.1 Å². The highest BCUT2D eigenvalue weighted by Gasteiger charge is 2.20. The van der Waals surface area contributed by atoms with Crippen LogP contribution >= 0.6 is 11.3 Å². The van der Waals surface area contributed by atoms with Crippen LogP contribution in [-0.4, -0.2) is 21.0 Å². The second-order valence-corrected chi connectivity index (χ2v) is 8.17. The van der Waals surface area contributed by atoms with Gasteiger partial charge in [-0.15, -0.1) is 11.3 Å². The van der Waals surface area contributed by atoms with Gasteiger partial charge in [-0.3, -0.25) is 4.98 Å². The third-order valence-corrected chi connectivity index (χ3v) is 6.26. The van der Waals surface area contributed by atoms with Gasteiger partial charge in [0.05, 0.1) is 5.39 Å². The summed E-state index contributed by atoms with van der Waals surface area (Å²) in [5, 5.41) is 7.10. The van der Waals surface area contributed by atoms with E-state index in [0.717, 1.165) is 27.4 Å². The summed E-state index contributed by atoms with van der Waals surface area (Å²) in [6.07, 6.45) is 9.94. The summed E-state index contributed by atoms with van der Waals surface area (Å²) in [7, 11) is 0. The number of hydrogen-bond acceptors (Lipinski definition) is 5. The molecule has 0 saturated heterocycles. The maximum Gasteiger partial charge on any atom is 0.164 e. The fourth-order valence-electron chi connectivity index (χ4n) is 3.94. The third-order valence-electron chi connectivity index (χ3n) is 5.38. The van der Waals surface area contributed by atoms with E-state index in [4.69, 9.17) is 9.97 Å². The van der Waals surface area contributed by atoms with Crippen LogP contribution in [-0.2, 0) is 0 Å². The van der Waals surface area contributed by atoms with E-state index in [1.54, 1.807) is 17.5 Å². The highest BCUT2D eigenvalue weighted by molar-refractivity contribution is 7.17. The van der Waals surface area contributed by atoms with Gasteiger partial charge in [0.15, 0.2) is 5.82 Å². The molecular formula is C23H22N4S. The van der Waals surface area contributed by atoms with Crippen LogP contribution in [0.2, 0.25) is 0 Å². The molecule has 0 spiro atoms. The number of benzene rings is 1. The fourth-order valence-corrected chi connectivity index (χ4v) is 4.89. The van der Waals surface area contributed by atoms with Crippen molar-refractivity contribution in [3.05, 3.63) is 60.2 Å². The van der Waals surface area contributed by atoms with Gasteiger partial charge in [-0.05, 0) is 30.5 Å². The lowest BCUT2D eigenvalue weighted by atomic mass is 9.95. The number of thiophene rings is 1. The smallest absolute Gasteiger partial charge is 0.164 e. The summed E-state index contributed by atoms with van der Waals surface area (Å²) < 4.78 is 0. The number of aromatic nitrogens is 3. The summed E-state index contributed by atoms with van der Waals surface area (Å²) in [6, 6.07) is 15.0. The predicted molar refractivity (Wildman–Crippen MR) is 117 cm³/mol. The van der Waals surface area contributed by atoms with Gasteiger partial charge in [-0.2, -0.15) is 0 Å². The Morgan fingerprint density at radius 1 is 0.893 bits per heavy atom. The SMILES string of the molecule is c1ccc(-c2csc3nc(-c4cccnc4)nc(NC4CCCCC4)c23)cc1. The molecule has 0 unspecified atom stereocenters. The molecule has 4 nitrogen and oxygen atoms in total. The first-order valence-corrected chi connectivity index (χ1v) is 10.8. The Hall–Kier alpha value is -2.79. The lowest BCUT2D eigenvalue weighted by Crippen LogP contribution is -2.23. The number of hydrogen-bond donors (Lipinski definition) is 1. The fraction of sp³-hybridized carbons (Fsp3) is 0.261. The highest BCUT2D eigenvalue weighted by Crippen LogP contribution is 2.38. The summed E-state index contributed by atoms with van der Waals surface area (Å²) in [4.78, 5) is 15.1. The van der Waals surface area contributed by atoms with Crippen molar-refractivity contribution in [2.45, 2.75) is 38.1 Å². The molecule has 3 aromatic heterocycles. The van der Waals surface area contributed by atoms with E-state index in [1.165, 1.54) is 43.2 Å². The van der Waals surface area contributed by atoms with Gasteiger partial charge in [-0.1, -0.05) is 49.6 Å². The van der Waals surface area contributed by atoms with Crippen molar-refractivity contribution in [1.29, 1.82) is 0 Å². The van der Waals surface area contributed by atoms with Crippen molar-refractivity contribution in [2.24, 2.45) is 0 Å². The van der Waals surface area contributed by atoms with E-state index in [1.807, 2.05) is 18.3 Å². The van der Waals surface area contributed by atoms with Crippen molar-refractivity contribution in [1.82, 2.24) is 15.0 Å². The molecule has 1 aliphatic carbocycles. The Kier molecular flexibility index (Phi) is 4.75. The zero-order valence-electron chi connectivity index (χ0n) is 15.6.